The van der Waals surface area contributed by atoms with E-state index < -0.39 is 5.97 Å². The molecule has 1 aliphatic heterocycles. The minimum absolute atomic E-state index is 0.153. The Bertz CT molecular complexity index is 170. The summed E-state index contributed by atoms with van der Waals surface area (Å²) in [5.41, 5.74) is 0. The standard InChI is InChI=1S/C9H16O3S/c1-2-12-8-6-13-4-3-7(8)5-9(10)11/h7-8H,2-6H2,1H3,(H,10,11). The third-order valence-corrected chi connectivity index (χ3v) is 3.35. The topological polar surface area (TPSA) is 46.5 Å². The Morgan fingerprint density at radius 1 is 1.69 bits per heavy atom. The van der Waals surface area contributed by atoms with Crippen LogP contribution in [0.2, 0.25) is 0 Å². The summed E-state index contributed by atoms with van der Waals surface area (Å²) in [5.74, 6) is 1.54. The van der Waals surface area contributed by atoms with E-state index in [2.05, 4.69) is 0 Å². The lowest BCUT2D eigenvalue weighted by Crippen LogP contribution is -2.32. The fourth-order valence-corrected chi connectivity index (χ4v) is 2.85. The van der Waals surface area contributed by atoms with Gasteiger partial charge in [0.25, 0.3) is 0 Å². The summed E-state index contributed by atoms with van der Waals surface area (Å²) >= 11 is 1.86. The second-order valence-corrected chi connectivity index (χ2v) is 4.37. The molecule has 4 heteroatoms. The van der Waals surface area contributed by atoms with Crippen molar-refractivity contribution in [2.24, 2.45) is 5.92 Å². The van der Waals surface area contributed by atoms with Gasteiger partial charge in [0.15, 0.2) is 0 Å². The molecule has 1 aliphatic rings. The molecule has 0 radical (unpaired) electrons. The van der Waals surface area contributed by atoms with Crippen molar-refractivity contribution in [2.45, 2.75) is 25.9 Å². The van der Waals surface area contributed by atoms with Crippen molar-refractivity contribution in [3.8, 4) is 0 Å². The van der Waals surface area contributed by atoms with Crippen molar-refractivity contribution < 1.29 is 14.6 Å². The summed E-state index contributed by atoms with van der Waals surface area (Å²) in [6.07, 6.45) is 1.38. The van der Waals surface area contributed by atoms with E-state index in [4.69, 9.17) is 9.84 Å². The quantitative estimate of drug-likeness (QED) is 0.756. The van der Waals surface area contributed by atoms with Gasteiger partial charge in [-0.15, -0.1) is 0 Å². The molecule has 1 saturated heterocycles. The lowest BCUT2D eigenvalue weighted by atomic mass is 9.96. The average molecular weight is 204 g/mol. The SMILES string of the molecule is CCOC1CSCCC1CC(=O)O. The van der Waals surface area contributed by atoms with Gasteiger partial charge in [-0.05, 0) is 25.0 Å². The van der Waals surface area contributed by atoms with Crippen LogP contribution in [0.15, 0.2) is 0 Å². The highest BCUT2D eigenvalue weighted by atomic mass is 32.2. The number of hydrogen-bond donors (Lipinski definition) is 1. The van der Waals surface area contributed by atoms with Crippen molar-refractivity contribution in [1.82, 2.24) is 0 Å². The fourth-order valence-electron chi connectivity index (χ4n) is 1.61. The largest absolute Gasteiger partial charge is 0.481 e. The Kier molecular flexibility index (Phi) is 4.59. The summed E-state index contributed by atoms with van der Waals surface area (Å²) in [6.45, 7) is 2.64. The Labute approximate surface area is 82.8 Å². The number of aliphatic carboxylic acids is 1. The Morgan fingerprint density at radius 2 is 2.46 bits per heavy atom. The van der Waals surface area contributed by atoms with Gasteiger partial charge in [0.2, 0.25) is 0 Å². The van der Waals surface area contributed by atoms with Gasteiger partial charge in [-0.25, -0.2) is 0 Å². The van der Waals surface area contributed by atoms with Crippen LogP contribution in [-0.4, -0.2) is 35.3 Å². The minimum Gasteiger partial charge on any atom is -0.481 e. The first-order valence-electron chi connectivity index (χ1n) is 4.65. The summed E-state index contributed by atoms with van der Waals surface area (Å²) in [6, 6.07) is 0. The molecule has 1 fully saturated rings. The van der Waals surface area contributed by atoms with Gasteiger partial charge in [0.1, 0.15) is 0 Å². The van der Waals surface area contributed by atoms with Crippen LogP contribution in [0.5, 0.6) is 0 Å². The number of carboxylic acid groups (broad SMARTS) is 1. The zero-order chi connectivity index (χ0) is 9.68. The van der Waals surface area contributed by atoms with Crippen LogP contribution in [0.1, 0.15) is 19.8 Å². The smallest absolute Gasteiger partial charge is 0.303 e. The predicted octanol–water partition coefficient (Wildman–Crippen LogP) is 1.62. The highest BCUT2D eigenvalue weighted by Gasteiger charge is 2.27. The van der Waals surface area contributed by atoms with E-state index in [1.54, 1.807) is 0 Å². The maximum absolute atomic E-state index is 10.6. The molecule has 0 saturated carbocycles. The number of carbonyl (C=O) groups is 1. The predicted molar refractivity (Wildman–Crippen MR) is 53.1 cm³/mol. The molecule has 0 spiro atoms. The highest BCUT2D eigenvalue weighted by molar-refractivity contribution is 7.99. The average Bonchev–Trinajstić information content (AvgIpc) is 2.08. The lowest BCUT2D eigenvalue weighted by Gasteiger charge is -2.29. The maximum atomic E-state index is 10.6. The van der Waals surface area contributed by atoms with E-state index in [-0.39, 0.29) is 18.4 Å². The zero-order valence-electron chi connectivity index (χ0n) is 7.86. The molecule has 2 unspecified atom stereocenters. The summed E-state index contributed by atoms with van der Waals surface area (Å²) < 4.78 is 5.51. The third-order valence-electron chi connectivity index (χ3n) is 2.26. The van der Waals surface area contributed by atoms with E-state index in [0.29, 0.717) is 6.61 Å². The van der Waals surface area contributed by atoms with Crippen LogP contribution in [0, 0.1) is 5.92 Å². The molecule has 3 nitrogen and oxygen atoms in total. The first-order valence-corrected chi connectivity index (χ1v) is 5.80. The third kappa shape index (κ3) is 3.56. The molecule has 2 atom stereocenters. The zero-order valence-corrected chi connectivity index (χ0v) is 8.68. The van der Waals surface area contributed by atoms with Crippen molar-refractivity contribution in [1.29, 1.82) is 0 Å². The first kappa shape index (κ1) is 10.9. The van der Waals surface area contributed by atoms with Crippen LogP contribution in [0.4, 0.5) is 0 Å². The number of thioether (sulfide) groups is 1. The fraction of sp³-hybridized carbons (Fsp3) is 0.889. The Hall–Kier alpha value is -0.220. The van der Waals surface area contributed by atoms with E-state index >= 15 is 0 Å². The molecule has 76 valence electrons. The molecule has 0 amide bonds. The number of ether oxygens (including phenoxy) is 1. The summed E-state index contributed by atoms with van der Waals surface area (Å²) in [7, 11) is 0. The molecule has 0 aromatic heterocycles. The number of carboxylic acids is 1. The van der Waals surface area contributed by atoms with E-state index in [1.807, 2.05) is 18.7 Å². The van der Waals surface area contributed by atoms with Crippen LogP contribution >= 0.6 is 11.8 Å². The van der Waals surface area contributed by atoms with Gasteiger partial charge in [-0.1, -0.05) is 0 Å². The van der Waals surface area contributed by atoms with Crippen molar-refractivity contribution in [2.75, 3.05) is 18.1 Å². The van der Waals surface area contributed by atoms with Gasteiger partial charge in [-0.2, -0.15) is 11.8 Å². The number of hydrogen-bond acceptors (Lipinski definition) is 3. The molecular weight excluding hydrogens is 188 g/mol. The van der Waals surface area contributed by atoms with Crippen LogP contribution in [0.25, 0.3) is 0 Å². The van der Waals surface area contributed by atoms with Gasteiger partial charge >= 0.3 is 5.97 Å². The second kappa shape index (κ2) is 5.50. The highest BCUT2D eigenvalue weighted by Crippen LogP contribution is 2.28. The number of rotatable bonds is 4. The molecule has 13 heavy (non-hydrogen) atoms. The molecule has 0 bridgehead atoms. The molecule has 0 aromatic rings. The van der Waals surface area contributed by atoms with Gasteiger partial charge in [0.05, 0.1) is 12.5 Å². The van der Waals surface area contributed by atoms with Crippen molar-refractivity contribution in [3.05, 3.63) is 0 Å². The lowest BCUT2D eigenvalue weighted by molar-refractivity contribution is -0.139. The van der Waals surface area contributed by atoms with Crippen LogP contribution in [-0.2, 0) is 9.53 Å². The maximum Gasteiger partial charge on any atom is 0.303 e. The van der Waals surface area contributed by atoms with Gasteiger partial charge < -0.3 is 9.84 Å². The molecular formula is C9H16O3S. The molecule has 1 rings (SSSR count). The van der Waals surface area contributed by atoms with E-state index in [1.165, 1.54) is 0 Å². The van der Waals surface area contributed by atoms with Gasteiger partial charge in [-0.3, -0.25) is 4.79 Å². The molecule has 0 aromatic carbocycles. The molecule has 1 N–H and O–H groups in total. The van der Waals surface area contributed by atoms with E-state index in [0.717, 1.165) is 17.9 Å². The Balaban J connectivity index is 2.41. The van der Waals surface area contributed by atoms with Crippen LogP contribution < -0.4 is 0 Å². The van der Waals surface area contributed by atoms with Crippen LogP contribution in [0.3, 0.4) is 0 Å². The minimum atomic E-state index is -0.707. The van der Waals surface area contributed by atoms with Crippen molar-refractivity contribution in [3.63, 3.8) is 0 Å². The second-order valence-electron chi connectivity index (χ2n) is 3.22. The molecule has 1 heterocycles. The summed E-state index contributed by atoms with van der Waals surface area (Å²) in [5, 5.41) is 8.69. The van der Waals surface area contributed by atoms with Crippen molar-refractivity contribution >= 4 is 17.7 Å². The summed E-state index contributed by atoms with van der Waals surface area (Å²) in [4.78, 5) is 10.6. The Morgan fingerprint density at radius 3 is 3.08 bits per heavy atom. The first-order chi connectivity index (χ1) is 6.24. The molecule has 0 aliphatic carbocycles. The van der Waals surface area contributed by atoms with E-state index in [9.17, 15) is 4.79 Å². The monoisotopic (exact) mass is 204 g/mol. The van der Waals surface area contributed by atoms with Gasteiger partial charge in [0, 0.05) is 12.4 Å². The normalized spacial score (nSPS) is 28.7.